The molecule has 5 heteroatoms. The molecule has 2 aromatic rings. The normalized spacial score (nSPS) is 20.5. The van der Waals surface area contributed by atoms with E-state index in [0.29, 0.717) is 0 Å². The second kappa shape index (κ2) is 10.8. The van der Waals surface area contributed by atoms with Crippen LogP contribution in [-0.4, -0.2) is 48.2 Å². The molecule has 2 aliphatic heterocycles. The van der Waals surface area contributed by atoms with Crippen molar-refractivity contribution in [1.29, 1.82) is 0 Å². The molecule has 0 amide bonds. The summed E-state index contributed by atoms with van der Waals surface area (Å²) in [6.45, 7) is 6.46. The maximum Gasteiger partial charge on any atom is 0.143 e. The van der Waals surface area contributed by atoms with Crippen LogP contribution >= 0.6 is 11.8 Å². The van der Waals surface area contributed by atoms with Gasteiger partial charge in [-0.3, -0.25) is 4.90 Å². The Hall–Kier alpha value is -1.95. The van der Waals surface area contributed by atoms with E-state index in [-0.39, 0.29) is 12.1 Å². The molecule has 0 saturated carbocycles. The van der Waals surface area contributed by atoms with Crippen LogP contribution in [0.1, 0.15) is 51.1 Å². The van der Waals surface area contributed by atoms with Gasteiger partial charge in [0.1, 0.15) is 12.0 Å². The number of aliphatic hydroxyl groups excluding tert-OH is 1. The fourth-order valence-corrected chi connectivity index (χ4v) is 6.13. The molecular formula is C27H36N2O2S. The fourth-order valence-electron chi connectivity index (χ4n) is 4.94. The Balaban J connectivity index is 1.68. The monoisotopic (exact) mass is 452 g/mol. The molecule has 3 atom stereocenters. The molecule has 32 heavy (non-hydrogen) atoms. The van der Waals surface area contributed by atoms with Crippen LogP contribution in [0.4, 0.5) is 5.69 Å². The molecule has 1 saturated heterocycles. The second-order valence-electron chi connectivity index (χ2n) is 9.06. The van der Waals surface area contributed by atoms with Crippen LogP contribution < -0.4 is 9.64 Å². The molecule has 4 nitrogen and oxygen atoms in total. The Labute approximate surface area is 197 Å². The van der Waals surface area contributed by atoms with Crippen molar-refractivity contribution >= 4 is 17.4 Å². The molecule has 1 N–H and O–H groups in total. The Morgan fingerprint density at radius 2 is 1.84 bits per heavy atom. The van der Waals surface area contributed by atoms with Crippen LogP contribution in [0.15, 0.2) is 65.1 Å². The van der Waals surface area contributed by atoms with Crippen molar-refractivity contribution in [2.24, 2.45) is 0 Å². The first-order chi connectivity index (χ1) is 15.6. The number of fused-ring (bicyclic) bond motifs is 1. The van der Waals surface area contributed by atoms with Gasteiger partial charge in [0.05, 0.1) is 24.9 Å². The quantitative estimate of drug-likeness (QED) is 0.506. The lowest BCUT2D eigenvalue weighted by Gasteiger charge is -2.46. The number of methoxy groups -OCH3 is 1. The Kier molecular flexibility index (Phi) is 7.82. The highest BCUT2D eigenvalue weighted by atomic mass is 32.2. The number of hydrogen-bond acceptors (Lipinski definition) is 5. The second-order valence-corrected chi connectivity index (χ2v) is 10.1. The van der Waals surface area contributed by atoms with E-state index in [1.165, 1.54) is 28.9 Å². The fraction of sp³-hybridized carbons (Fsp3) is 0.481. The minimum Gasteiger partial charge on any atom is -0.497 e. The van der Waals surface area contributed by atoms with Gasteiger partial charge in [0, 0.05) is 10.6 Å². The third kappa shape index (κ3) is 5.16. The molecular weight excluding hydrogens is 416 g/mol. The van der Waals surface area contributed by atoms with Gasteiger partial charge >= 0.3 is 0 Å². The van der Waals surface area contributed by atoms with Gasteiger partial charge in [-0.1, -0.05) is 35.9 Å². The summed E-state index contributed by atoms with van der Waals surface area (Å²) in [6.07, 6.45) is 6.15. The number of anilines is 1. The summed E-state index contributed by atoms with van der Waals surface area (Å²) in [7, 11) is 1.70. The number of thioether (sulfide) groups is 1. The molecule has 0 aliphatic carbocycles. The van der Waals surface area contributed by atoms with Crippen molar-refractivity contribution < 1.29 is 9.84 Å². The number of ether oxygens (including phenoxy) is 1. The third-order valence-electron chi connectivity index (χ3n) is 6.63. The molecule has 2 heterocycles. The predicted octanol–water partition coefficient (Wildman–Crippen LogP) is 5.88. The highest BCUT2D eigenvalue weighted by Crippen LogP contribution is 2.45. The van der Waals surface area contributed by atoms with E-state index in [1.807, 2.05) is 23.9 Å². The smallest absolute Gasteiger partial charge is 0.143 e. The molecule has 2 aromatic carbocycles. The molecule has 4 rings (SSSR count). The van der Waals surface area contributed by atoms with Gasteiger partial charge in [-0.15, -0.1) is 11.8 Å². The Bertz CT molecular complexity index is 904. The van der Waals surface area contributed by atoms with E-state index < -0.39 is 6.23 Å². The van der Waals surface area contributed by atoms with Crippen molar-refractivity contribution in [2.75, 3.05) is 30.9 Å². The van der Waals surface area contributed by atoms with E-state index in [9.17, 15) is 5.11 Å². The van der Waals surface area contributed by atoms with E-state index >= 15 is 0 Å². The zero-order valence-electron chi connectivity index (χ0n) is 19.5. The lowest BCUT2D eigenvalue weighted by atomic mass is 10.0. The van der Waals surface area contributed by atoms with Crippen molar-refractivity contribution in [3.8, 4) is 5.75 Å². The summed E-state index contributed by atoms with van der Waals surface area (Å²) >= 11 is 1.88. The molecule has 0 bridgehead atoms. The zero-order chi connectivity index (χ0) is 22.5. The van der Waals surface area contributed by atoms with Gasteiger partial charge in [-0.25, -0.2) is 0 Å². The van der Waals surface area contributed by atoms with Gasteiger partial charge in [0.15, 0.2) is 0 Å². The van der Waals surface area contributed by atoms with Gasteiger partial charge < -0.3 is 14.7 Å². The minimum atomic E-state index is -0.562. The summed E-state index contributed by atoms with van der Waals surface area (Å²) in [6, 6.07) is 17.1. The Morgan fingerprint density at radius 3 is 2.53 bits per heavy atom. The van der Waals surface area contributed by atoms with Gasteiger partial charge in [-0.05, 0) is 82.4 Å². The van der Waals surface area contributed by atoms with Crippen LogP contribution in [0.5, 0.6) is 5.75 Å². The largest absolute Gasteiger partial charge is 0.497 e. The highest BCUT2D eigenvalue weighted by molar-refractivity contribution is 7.99. The summed E-state index contributed by atoms with van der Waals surface area (Å²) in [5.74, 6) is 1.78. The maximum absolute atomic E-state index is 12.0. The topological polar surface area (TPSA) is 35.9 Å². The number of benzene rings is 2. The standard InChI is InChI=1S/C27H36N2O2S/c1-20(2)9-8-11-24(28-17-6-7-18-28)27(30)29-23-10-4-5-12-26(23)32-19-25(29)21-13-15-22(31-3)16-14-21/h4-5,9-10,12-16,24-25,27,30H,6-8,11,17-19H2,1-3H3. The predicted molar refractivity (Wildman–Crippen MR) is 135 cm³/mol. The van der Waals surface area contributed by atoms with E-state index in [4.69, 9.17) is 4.74 Å². The summed E-state index contributed by atoms with van der Waals surface area (Å²) in [5.41, 5.74) is 3.70. The van der Waals surface area contributed by atoms with Crippen LogP contribution in [0.3, 0.4) is 0 Å². The van der Waals surface area contributed by atoms with Crippen molar-refractivity contribution in [2.45, 2.75) is 62.7 Å². The SMILES string of the molecule is COc1ccc(C2CSc3ccccc3N2C(O)C(CCC=C(C)C)N2CCCC2)cc1. The van der Waals surface area contributed by atoms with Gasteiger partial charge in [-0.2, -0.15) is 0 Å². The van der Waals surface area contributed by atoms with Crippen LogP contribution in [0.2, 0.25) is 0 Å². The van der Waals surface area contributed by atoms with Gasteiger partial charge in [0.25, 0.3) is 0 Å². The first-order valence-electron chi connectivity index (χ1n) is 11.8. The first-order valence-corrected chi connectivity index (χ1v) is 12.8. The number of para-hydroxylation sites is 1. The lowest BCUT2D eigenvalue weighted by molar-refractivity contribution is 0.0490. The average Bonchev–Trinajstić information content (AvgIpc) is 3.35. The Morgan fingerprint density at radius 1 is 1.12 bits per heavy atom. The molecule has 3 unspecified atom stereocenters. The number of likely N-dealkylation sites (tertiary alicyclic amines) is 1. The van der Waals surface area contributed by atoms with Gasteiger partial charge in [0.2, 0.25) is 0 Å². The lowest BCUT2D eigenvalue weighted by Crippen LogP contribution is -2.53. The number of rotatable bonds is 8. The summed E-state index contributed by atoms with van der Waals surface area (Å²) < 4.78 is 5.38. The molecule has 172 valence electrons. The minimum absolute atomic E-state index is 0.115. The van der Waals surface area contributed by atoms with Crippen molar-refractivity contribution in [1.82, 2.24) is 4.90 Å². The number of allylic oxidation sites excluding steroid dienone is 2. The molecule has 0 spiro atoms. The third-order valence-corrected chi connectivity index (χ3v) is 7.77. The van der Waals surface area contributed by atoms with Crippen LogP contribution in [0.25, 0.3) is 0 Å². The zero-order valence-corrected chi connectivity index (χ0v) is 20.4. The summed E-state index contributed by atoms with van der Waals surface area (Å²) in [5, 5.41) is 12.0. The number of aliphatic hydroxyl groups is 1. The van der Waals surface area contributed by atoms with Crippen molar-refractivity contribution in [3.05, 3.63) is 65.7 Å². The van der Waals surface area contributed by atoms with E-state index in [2.05, 4.69) is 66.1 Å². The summed E-state index contributed by atoms with van der Waals surface area (Å²) in [4.78, 5) is 6.05. The maximum atomic E-state index is 12.0. The van der Waals surface area contributed by atoms with E-state index in [1.54, 1.807) is 7.11 Å². The first kappa shape index (κ1) is 23.2. The number of hydrogen-bond donors (Lipinski definition) is 1. The van der Waals surface area contributed by atoms with Crippen molar-refractivity contribution in [3.63, 3.8) is 0 Å². The molecule has 1 fully saturated rings. The number of nitrogens with zero attached hydrogens (tertiary/aromatic N) is 2. The highest BCUT2D eigenvalue weighted by Gasteiger charge is 2.38. The average molecular weight is 453 g/mol. The molecule has 0 radical (unpaired) electrons. The molecule has 0 aromatic heterocycles. The van der Waals surface area contributed by atoms with Crippen LogP contribution in [0, 0.1) is 0 Å². The van der Waals surface area contributed by atoms with E-state index in [0.717, 1.165) is 43.1 Å². The molecule has 2 aliphatic rings. The van der Waals surface area contributed by atoms with Crippen LogP contribution in [-0.2, 0) is 0 Å².